The van der Waals surface area contributed by atoms with Crippen LogP contribution in [0.1, 0.15) is 12.5 Å². The van der Waals surface area contributed by atoms with Crippen molar-refractivity contribution in [2.75, 3.05) is 25.6 Å². The molecule has 3 rings (SSSR count). The topological polar surface area (TPSA) is 84.9 Å². The van der Waals surface area contributed by atoms with Crippen molar-refractivity contribution in [2.24, 2.45) is 0 Å². The Bertz CT molecular complexity index is 1190. The van der Waals surface area contributed by atoms with Gasteiger partial charge < -0.3 is 14.8 Å². The lowest BCUT2D eigenvalue weighted by molar-refractivity contribution is -0.116. The molecule has 174 valence electrons. The number of sulfonamides is 1. The highest BCUT2D eigenvalue weighted by molar-refractivity contribution is 7.89. The zero-order valence-electron chi connectivity index (χ0n) is 18.3. The number of anilines is 1. The van der Waals surface area contributed by atoms with Gasteiger partial charge >= 0.3 is 0 Å². The minimum Gasteiger partial charge on any atom is -0.495 e. The van der Waals surface area contributed by atoms with Crippen LogP contribution < -0.4 is 14.8 Å². The Morgan fingerprint density at radius 2 is 1.73 bits per heavy atom. The summed E-state index contributed by atoms with van der Waals surface area (Å²) in [5.74, 6) is 0.453. The molecule has 0 aliphatic carbocycles. The van der Waals surface area contributed by atoms with E-state index in [2.05, 4.69) is 5.32 Å². The molecular weight excluding hydrogens is 464 g/mol. The zero-order chi connectivity index (χ0) is 23.8. The second-order valence-electron chi connectivity index (χ2n) is 7.06. The van der Waals surface area contributed by atoms with E-state index < -0.39 is 22.5 Å². The predicted molar refractivity (Wildman–Crippen MR) is 128 cm³/mol. The van der Waals surface area contributed by atoms with E-state index in [0.717, 1.165) is 9.87 Å². The van der Waals surface area contributed by atoms with Gasteiger partial charge in [0, 0.05) is 11.6 Å². The summed E-state index contributed by atoms with van der Waals surface area (Å²) < 4.78 is 38.6. The van der Waals surface area contributed by atoms with Gasteiger partial charge in [0.2, 0.25) is 15.9 Å². The largest absolute Gasteiger partial charge is 0.495 e. The van der Waals surface area contributed by atoms with E-state index in [-0.39, 0.29) is 11.4 Å². The minimum absolute atomic E-state index is 0.0243. The van der Waals surface area contributed by atoms with Gasteiger partial charge in [-0.15, -0.1) is 0 Å². The number of halogens is 1. The Labute approximate surface area is 198 Å². The summed E-state index contributed by atoms with van der Waals surface area (Å²) in [6.45, 7) is 1.94. The van der Waals surface area contributed by atoms with E-state index in [4.69, 9.17) is 21.1 Å². The van der Waals surface area contributed by atoms with E-state index >= 15 is 0 Å². The summed E-state index contributed by atoms with van der Waals surface area (Å²) in [6.07, 6.45) is 0. The number of ether oxygens (including phenoxy) is 2. The predicted octanol–water partition coefficient (Wildman–Crippen LogP) is 4.58. The lowest BCUT2D eigenvalue weighted by atomic mass is 10.2. The van der Waals surface area contributed by atoms with Crippen molar-refractivity contribution in [2.45, 2.75) is 18.4 Å². The summed E-state index contributed by atoms with van der Waals surface area (Å²) in [4.78, 5) is 12.9. The molecular formula is C24H25ClN2O5S. The second kappa shape index (κ2) is 11.2. The van der Waals surface area contributed by atoms with Crippen LogP contribution in [0.5, 0.6) is 11.5 Å². The van der Waals surface area contributed by atoms with Gasteiger partial charge in [0.25, 0.3) is 0 Å². The number of rotatable bonds is 10. The van der Waals surface area contributed by atoms with Crippen molar-refractivity contribution < 1.29 is 22.7 Å². The summed E-state index contributed by atoms with van der Waals surface area (Å²) in [6, 6.07) is 20.0. The quantitative estimate of drug-likeness (QED) is 0.451. The third-order valence-electron chi connectivity index (χ3n) is 4.73. The van der Waals surface area contributed by atoms with Crippen molar-refractivity contribution in [1.29, 1.82) is 0 Å². The highest BCUT2D eigenvalue weighted by Gasteiger charge is 2.27. The van der Waals surface area contributed by atoms with Crippen LogP contribution in [-0.2, 0) is 21.4 Å². The van der Waals surface area contributed by atoms with Crippen LogP contribution in [0.2, 0.25) is 5.02 Å². The molecule has 9 heteroatoms. The van der Waals surface area contributed by atoms with E-state index in [0.29, 0.717) is 28.8 Å². The molecule has 0 aliphatic rings. The van der Waals surface area contributed by atoms with Crippen molar-refractivity contribution in [3.8, 4) is 11.5 Å². The molecule has 3 aromatic carbocycles. The van der Waals surface area contributed by atoms with Crippen LogP contribution in [0.25, 0.3) is 0 Å². The van der Waals surface area contributed by atoms with Crippen LogP contribution in [0.3, 0.4) is 0 Å². The Morgan fingerprint density at radius 1 is 1.03 bits per heavy atom. The zero-order valence-corrected chi connectivity index (χ0v) is 19.9. The van der Waals surface area contributed by atoms with Crippen LogP contribution in [0.15, 0.2) is 77.7 Å². The second-order valence-corrected chi connectivity index (χ2v) is 9.43. The van der Waals surface area contributed by atoms with Gasteiger partial charge in [0.1, 0.15) is 11.5 Å². The van der Waals surface area contributed by atoms with Crippen molar-refractivity contribution in [3.63, 3.8) is 0 Å². The van der Waals surface area contributed by atoms with Crippen LogP contribution in [0, 0.1) is 0 Å². The molecule has 0 saturated carbocycles. The summed E-state index contributed by atoms with van der Waals surface area (Å²) in [5.41, 5.74) is 1.10. The van der Waals surface area contributed by atoms with E-state index in [1.165, 1.54) is 19.2 Å². The molecule has 0 saturated heterocycles. The Hall–Kier alpha value is -3.07. The molecule has 0 aliphatic heterocycles. The summed E-state index contributed by atoms with van der Waals surface area (Å²) in [7, 11) is -2.51. The summed E-state index contributed by atoms with van der Waals surface area (Å²) >= 11 is 6.03. The smallest absolute Gasteiger partial charge is 0.243 e. The molecule has 0 atom stereocenters. The van der Waals surface area contributed by atoms with Crippen LogP contribution in [0.4, 0.5) is 5.69 Å². The number of nitrogens with one attached hydrogen (secondary N) is 1. The minimum atomic E-state index is -3.98. The van der Waals surface area contributed by atoms with Gasteiger partial charge in [-0.3, -0.25) is 4.79 Å². The first-order valence-corrected chi connectivity index (χ1v) is 12.1. The summed E-state index contributed by atoms with van der Waals surface area (Å²) in [5, 5.41) is 3.10. The Balaban J connectivity index is 1.88. The van der Waals surface area contributed by atoms with E-state index in [9.17, 15) is 13.2 Å². The lowest BCUT2D eigenvalue weighted by Gasteiger charge is -2.22. The average Bonchev–Trinajstić information content (AvgIpc) is 2.80. The van der Waals surface area contributed by atoms with Crippen molar-refractivity contribution in [3.05, 3.63) is 83.4 Å². The molecule has 0 heterocycles. The van der Waals surface area contributed by atoms with Crippen LogP contribution >= 0.6 is 11.6 Å². The van der Waals surface area contributed by atoms with Crippen molar-refractivity contribution in [1.82, 2.24) is 4.31 Å². The first-order chi connectivity index (χ1) is 15.8. The molecule has 0 aromatic heterocycles. The van der Waals surface area contributed by atoms with Gasteiger partial charge in [-0.1, -0.05) is 41.9 Å². The first kappa shape index (κ1) is 24.6. The van der Waals surface area contributed by atoms with E-state index in [1.807, 2.05) is 25.1 Å². The van der Waals surface area contributed by atoms with Gasteiger partial charge in [-0.2, -0.15) is 4.31 Å². The fourth-order valence-electron chi connectivity index (χ4n) is 3.16. The highest BCUT2D eigenvalue weighted by atomic mass is 35.5. The van der Waals surface area contributed by atoms with Gasteiger partial charge in [0.05, 0.1) is 30.8 Å². The average molecular weight is 489 g/mol. The van der Waals surface area contributed by atoms with Gasteiger partial charge in [-0.05, 0) is 55.0 Å². The SMILES string of the molecule is CCOc1ccc(S(=O)(=O)N(CC(=O)Nc2cc(Cl)ccc2OC)Cc2ccccc2)cc1. The van der Waals surface area contributed by atoms with Crippen molar-refractivity contribution >= 4 is 33.2 Å². The standard InChI is InChI=1S/C24H25ClN2O5S/c1-3-32-20-10-12-21(13-11-20)33(29,30)27(16-18-7-5-4-6-8-18)17-24(28)26-22-15-19(25)9-14-23(22)31-2/h4-15H,3,16-17H2,1-2H3,(H,26,28). The molecule has 1 amide bonds. The molecule has 3 aromatic rings. The first-order valence-electron chi connectivity index (χ1n) is 10.2. The molecule has 0 spiro atoms. The van der Waals surface area contributed by atoms with Gasteiger partial charge in [0.15, 0.2) is 0 Å². The molecule has 1 N–H and O–H groups in total. The molecule has 0 bridgehead atoms. The maximum Gasteiger partial charge on any atom is 0.243 e. The number of amides is 1. The molecule has 7 nitrogen and oxygen atoms in total. The Morgan fingerprint density at radius 3 is 2.36 bits per heavy atom. The molecule has 0 fully saturated rings. The van der Waals surface area contributed by atoms with Gasteiger partial charge in [-0.25, -0.2) is 8.42 Å². The molecule has 0 radical (unpaired) electrons. The number of carbonyl (C=O) groups excluding carboxylic acids is 1. The monoisotopic (exact) mass is 488 g/mol. The number of carbonyl (C=O) groups is 1. The normalized spacial score (nSPS) is 11.3. The maximum absolute atomic E-state index is 13.4. The maximum atomic E-state index is 13.4. The fourth-order valence-corrected chi connectivity index (χ4v) is 4.72. The highest BCUT2D eigenvalue weighted by Crippen LogP contribution is 2.28. The number of hydrogen-bond acceptors (Lipinski definition) is 5. The molecule has 33 heavy (non-hydrogen) atoms. The Kier molecular flexibility index (Phi) is 8.32. The number of nitrogens with zero attached hydrogens (tertiary/aromatic N) is 1. The number of hydrogen-bond donors (Lipinski definition) is 1. The fraction of sp³-hybridized carbons (Fsp3) is 0.208. The number of methoxy groups -OCH3 is 1. The number of benzene rings is 3. The van der Waals surface area contributed by atoms with Crippen LogP contribution in [-0.4, -0.2) is 38.9 Å². The molecule has 0 unspecified atom stereocenters. The third-order valence-corrected chi connectivity index (χ3v) is 6.77. The third kappa shape index (κ3) is 6.47. The van der Waals surface area contributed by atoms with E-state index in [1.54, 1.807) is 42.5 Å². The lowest BCUT2D eigenvalue weighted by Crippen LogP contribution is -2.37.